The maximum atomic E-state index is 13.4. The quantitative estimate of drug-likeness (QED) is 0.210. The van der Waals surface area contributed by atoms with Crippen molar-refractivity contribution >= 4 is 47.3 Å². The minimum absolute atomic E-state index is 0. The number of hydrogen-bond donors (Lipinski definition) is 0. The smallest absolute Gasteiger partial charge is 0.316 e. The minimum Gasteiger partial charge on any atom is -0.468 e. The van der Waals surface area contributed by atoms with Gasteiger partial charge in [-0.2, -0.15) is 4.98 Å². The summed E-state index contributed by atoms with van der Waals surface area (Å²) in [6.07, 6.45) is 5.02. The molecule has 10 heteroatoms. The summed E-state index contributed by atoms with van der Waals surface area (Å²) in [5.41, 5.74) is 0.592. The molecule has 30 heavy (non-hydrogen) atoms. The second-order valence-electron chi connectivity index (χ2n) is 6.61. The van der Waals surface area contributed by atoms with Gasteiger partial charge in [0.1, 0.15) is 0 Å². The number of esters is 1. The molecule has 0 radical (unpaired) electrons. The molecule has 0 bridgehead atoms. The summed E-state index contributed by atoms with van der Waals surface area (Å²) < 4.78 is 8.08. The van der Waals surface area contributed by atoms with Gasteiger partial charge in [-0.25, -0.2) is 4.98 Å². The molecule has 0 N–H and O–H groups in total. The molecule has 0 aliphatic carbocycles. The van der Waals surface area contributed by atoms with Crippen LogP contribution in [0.4, 0.5) is 5.95 Å². The number of halogens is 1. The Bertz CT molecular complexity index is 1030. The molecule has 8 nitrogen and oxygen atoms in total. The summed E-state index contributed by atoms with van der Waals surface area (Å²) >= 11 is 1.16. The van der Waals surface area contributed by atoms with E-state index in [9.17, 15) is 9.59 Å². The first-order valence-corrected chi connectivity index (χ1v) is 10.5. The molecule has 3 rings (SSSR count). The second-order valence-corrected chi connectivity index (χ2v) is 7.55. The van der Waals surface area contributed by atoms with E-state index in [2.05, 4.69) is 28.3 Å². The normalized spacial score (nSPS) is 13.3. The highest BCUT2D eigenvalue weighted by Gasteiger charge is 2.23. The molecule has 1 fully saturated rings. The van der Waals surface area contributed by atoms with Crippen molar-refractivity contribution in [2.45, 2.75) is 44.4 Å². The van der Waals surface area contributed by atoms with Crippen molar-refractivity contribution in [1.29, 1.82) is 0 Å². The molecule has 0 amide bonds. The predicted octanol–water partition coefficient (Wildman–Crippen LogP) is 2.48. The van der Waals surface area contributed by atoms with Crippen LogP contribution in [-0.2, 0) is 22.6 Å². The number of carbonyl (C=O) groups excluding carboxylic acids is 1. The summed E-state index contributed by atoms with van der Waals surface area (Å²) in [5, 5.41) is 0.421. The maximum Gasteiger partial charge on any atom is 0.316 e. The third-order valence-electron chi connectivity index (χ3n) is 4.72. The number of fused-ring (bicyclic) bond motifs is 1. The molecule has 0 unspecified atom stereocenters. The van der Waals surface area contributed by atoms with E-state index in [1.165, 1.54) is 18.1 Å². The number of imidazole rings is 1. The summed E-state index contributed by atoms with van der Waals surface area (Å²) in [6, 6.07) is 0. The van der Waals surface area contributed by atoms with Crippen LogP contribution in [0.2, 0.25) is 0 Å². The fourth-order valence-electron chi connectivity index (χ4n) is 3.31. The number of ether oxygens (including phenoxy) is 1. The van der Waals surface area contributed by atoms with Crippen molar-refractivity contribution in [3.8, 4) is 11.8 Å². The van der Waals surface area contributed by atoms with E-state index < -0.39 is 0 Å². The SMILES string of the molecule is C=CCn1c(SCC(=O)OC)nc2nc(N3CCCCC3)n(CC#CC)c2c1=O.Cl. The lowest BCUT2D eigenvalue weighted by molar-refractivity contribution is -0.137. The highest BCUT2D eigenvalue weighted by molar-refractivity contribution is 7.99. The Kier molecular flexibility index (Phi) is 8.81. The van der Waals surface area contributed by atoms with Crippen molar-refractivity contribution in [2.75, 3.05) is 30.9 Å². The van der Waals surface area contributed by atoms with Crippen molar-refractivity contribution < 1.29 is 9.53 Å². The molecule has 2 aromatic rings. The van der Waals surface area contributed by atoms with Crippen molar-refractivity contribution in [3.63, 3.8) is 0 Å². The fourth-order valence-corrected chi connectivity index (χ4v) is 4.14. The third kappa shape index (κ3) is 4.99. The first-order valence-electron chi connectivity index (χ1n) is 9.56. The number of nitrogens with zero attached hydrogens (tertiary/aromatic N) is 5. The zero-order valence-electron chi connectivity index (χ0n) is 17.2. The van der Waals surface area contributed by atoms with Crippen molar-refractivity contribution in [2.24, 2.45) is 0 Å². The zero-order chi connectivity index (χ0) is 20.8. The zero-order valence-corrected chi connectivity index (χ0v) is 18.9. The molecule has 0 spiro atoms. The van der Waals surface area contributed by atoms with Gasteiger partial charge in [-0.1, -0.05) is 23.8 Å². The summed E-state index contributed by atoms with van der Waals surface area (Å²) in [5.74, 6) is 6.35. The number of anilines is 1. The van der Waals surface area contributed by atoms with Crippen LogP contribution >= 0.6 is 24.2 Å². The standard InChI is InChI=1S/C20H25N5O3S.ClH/c1-4-6-13-24-16-17(21-19(24)23-11-8-7-9-12-23)22-20(29-14-15(26)28-3)25(10-5-2)18(16)27;/h5H,2,7-14H2,1,3H3;1H. The van der Waals surface area contributed by atoms with Gasteiger partial charge in [0.25, 0.3) is 5.56 Å². The highest BCUT2D eigenvalue weighted by atomic mass is 35.5. The van der Waals surface area contributed by atoms with Crippen LogP contribution in [0.25, 0.3) is 11.2 Å². The fraction of sp³-hybridized carbons (Fsp3) is 0.500. The van der Waals surface area contributed by atoms with Gasteiger partial charge in [0.15, 0.2) is 16.3 Å². The van der Waals surface area contributed by atoms with E-state index >= 15 is 0 Å². The Hall–Kier alpha value is -2.44. The molecule has 162 valence electrons. The van der Waals surface area contributed by atoms with Gasteiger partial charge >= 0.3 is 5.97 Å². The van der Waals surface area contributed by atoms with Crippen LogP contribution in [0, 0.1) is 11.8 Å². The number of piperidine rings is 1. The number of thioether (sulfide) groups is 1. The van der Waals surface area contributed by atoms with E-state index in [0.29, 0.717) is 22.9 Å². The van der Waals surface area contributed by atoms with E-state index in [0.717, 1.165) is 43.6 Å². The average Bonchev–Trinajstić information content (AvgIpc) is 3.11. The molecular formula is C20H26ClN5O3S. The summed E-state index contributed by atoms with van der Waals surface area (Å²) in [6.45, 7) is 7.97. The third-order valence-corrected chi connectivity index (χ3v) is 5.67. The Balaban J connectivity index is 0.00000320. The van der Waals surface area contributed by atoms with E-state index in [-0.39, 0.29) is 36.2 Å². The molecule has 1 saturated heterocycles. The highest BCUT2D eigenvalue weighted by Crippen LogP contribution is 2.25. The molecule has 3 heterocycles. The molecule has 0 aromatic carbocycles. The molecule has 1 aliphatic heterocycles. The minimum atomic E-state index is -0.382. The Morgan fingerprint density at radius 3 is 2.63 bits per heavy atom. The predicted molar refractivity (Wildman–Crippen MR) is 121 cm³/mol. The van der Waals surface area contributed by atoms with Crippen LogP contribution in [0.5, 0.6) is 0 Å². The van der Waals surface area contributed by atoms with E-state index in [1.807, 2.05) is 4.57 Å². The Morgan fingerprint density at radius 1 is 1.27 bits per heavy atom. The van der Waals surface area contributed by atoms with Crippen LogP contribution in [0.15, 0.2) is 22.6 Å². The lowest BCUT2D eigenvalue weighted by Crippen LogP contribution is -2.32. The van der Waals surface area contributed by atoms with Crippen LogP contribution in [0.3, 0.4) is 0 Å². The van der Waals surface area contributed by atoms with Gasteiger partial charge in [0.05, 0.1) is 19.4 Å². The topological polar surface area (TPSA) is 82.2 Å². The lowest BCUT2D eigenvalue weighted by Gasteiger charge is -2.27. The average molecular weight is 452 g/mol. The van der Waals surface area contributed by atoms with Crippen LogP contribution in [-0.4, -0.2) is 51.0 Å². The van der Waals surface area contributed by atoms with Gasteiger partial charge in [-0.15, -0.1) is 24.9 Å². The number of carbonyl (C=O) groups is 1. The first kappa shape index (κ1) is 23.8. The van der Waals surface area contributed by atoms with Crippen molar-refractivity contribution in [3.05, 3.63) is 23.0 Å². The number of methoxy groups -OCH3 is 1. The van der Waals surface area contributed by atoms with E-state index in [4.69, 9.17) is 9.72 Å². The molecular weight excluding hydrogens is 426 g/mol. The molecule has 1 aliphatic rings. The summed E-state index contributed by atoms with van der Waals surface area (Å²) in [7, 11) is 1.33. The number of rotatable bonds is 7. The number of hydrogen-bond acceptors (Lipinski definition) is 7. The second kappa shape index (κ2) is 11.1. The first-order chi connectivity index (χ1) is 14.1. The van der Waals surface area contributed by atoms with Crippen LogP contribution < -0.4 is 10.5 Å². The van der Waals surface area contributed by atoms with Gasteiger partial charge in [0.2, 0.25) is 5.95 Å². The largest absolute Gasteiger partial charge is 0.468 e. The van der Waals surface area contributed by atoms with E-state index in [1.54, 1.807) is 13.0 Å². The maximum absolute atomic E-state index is 13.4. The number of allylic oxidation sites excluding steroid dienone is 1. The van der Waals surface area contributed by atoms with Gasteiger partial charge in [-0.05, 0) is 26.2 Å². The lowest BCUT2D eigenvalue weighted by atomic mass is 10.1. The Labute approximate surface area is 186 Å². The summed E-state index contributed by atoms with van der Waals surface area (Å²) in [4.78, 5) is 36.4. The molecule has 0 atom stereocenters. The van der Waals surface area contributed by atoms with Gasteiger partial charge < -0.3 is 9.64 Å². The Morgan fingerprint density at radius 2 is 2.00 bits per heavy atom. The number of aromatic nitrogens is 4. The molecule has 0 saturated carbocycles. The van der Waals surface area contributed by atoms with Crippen molar-refractivity contribution in [1.82, 2.24) is 19.1 Å². The van der Waals surface area contributed by atoms with Gasteiger partial charge in [0, 0.05) is 19.6 Å². The van der Waals surface area contributed by atoms with Crippen LogP contribution in [0.1, 0.15) is 26.2 Å². The monoisotopic (exact) mass is 451 g/mol. The molecule has 2 aromatic heterocycles. The van der Waals surface area contributed by atoms with Gasteiger partial charge in [-0.3, -0.25) is 18.7 Å².